The molecule has 1 saturated heterocycles. The van der Waals surface area contributed by atoms with Crippen molar-refractivity contribution in [1.29, 1.82) is 0 Å². The number of amides is 4. The summed E-state index contributed by atoms with van der Waals surface area (Å²) in [7, 11) is 0. The zero-order chi connectivity index (χ0) is 23.7. The average Bonchev–Trinajstić information content (AvgIpc) is 3.18. The highest BCUT2D eigenvalue weighted by Gasteiger charge is 2.38. The van der Waals surface area contributed by atoms with Crippen LogP contribution in [-0.4, -0.2) is 76.1 Å². The summed E-state index contributed by atoms with van der Waals surface area (Å²) in [4.78, 5) is 61.5. The highest BCUT2D eigenvalue weighted by Crippen LogP contribution is 2.20. The third kappa shape index (κ3) is 8.37. The van der Waals surface area contributed by atoms with E-state index >= 15 is 0 Å². The summed E-state index contributed by atoms with van der Waals surface area (Å²) in [5, 5.41) is 14.4. The number of likely N-dealkylation sites (tertiary alicyclic amines) is 1. The molecule has 0 aromatic rings. The van der Waals surface area contributed by atoms with Crippen LogP contribution >= 0.6 is 12.6 Å². The van der Waals surface area contributed by atoms with Crippen molar-refractivity contribution in [3.8, 4) is 0 Å². The van der Waals surface area contributed by atoms with Crippen LogP contribution < -0.4 is 22.1 Å². The Balaban J connectivity index is 2.80. The van der Waals surface area contributed by atoms with E-state index in [-0.39, 0.29) is 30.9 Å². The number of aliphatic carboxylic acids is 1. The fourth-order valence-electron chi connectivity index (χ4n) is 3.36. The third-order valence-corrected chi connectivity index (χ3v) is 5.36. The Morgan fingerprint density at radius 3 is 2.32 bits per heavy atom. The molecule has 7 N–H and O–H groups in total. The van der Waals surface area contributed by atoms with Crippen LogP contribution in [0.15, 0.2) is 0 Å². The van der Waals surface area contributed by atoms with Crippen LogP contribution in [0.3, 0.4) is 0 Å². The molecular formula is C19H33N5O6S. The number of carboxylic acids is 1. The lowest BCUT2D eigenvalue weighted by molar-refractivity contribution is -0.145. The quantitative estimate of drug-likeness (QED) is 0.194. The monoisotopic (exact) mass is 459 g/mol. The molecule has 4 atom stereocenters. The Labute approximate surface area is 187 Å². The molecule has 4 amide bonds. The fraction of sp³-hybridized carbons (Fsp3) is 0.737. The van der Waals surface area contributed by atoms with Crippen LogP contribution in [-0.2, 0) is 24.0 Å². The second-order valence-electron chi connectivity index (χ2n) is 8.07. The lowest BCUT2D eigenvalue weighted by atomic mass is 10.0. The number of nitrogens with one attached hydrogen (secondary N) is 2. The predicted molar refractivity (Wildman–Crippen MR) is 116 cm³/mol. The molecule has 0 spiro atoms. The van der Waals surface area contributed by atoms with E-state index in [0.717, 1.165) is 0 Å². The maximum atomic E-state index is 13.0. The van der Waals surface area contributed by atoms with E-state index in [2.05, 4.69) is 23.3 Å². The van der Waals surface area contributed by atoms with Crippen LogP contribution in [0.2, 0.25) is 0 Å². The number of nitrogens with two attached hydrogens (primary N) is 2. The van der Waals surface area contributed by atoms with E-state index in [1.54, 1.807) is 0 Å². The molecule has 0 aliphatic carbocycles. The van der Waals surface area contributed by atoms with Gasteiger partial charge in [0.1, 0.15) is 18.1 Å². The second-order valence-corrected chi connectivity index (χ2v) is 8.44. The van der Waals surface area contributed by atoms with E-state index in [0.29, 0.717) is 19.4 Å². The van der Waals surface area contributed by atoms with Crippen LogP contribution in [0.5, 0.6) is 0 Å². The first kappa shape index (κ1) is 26.7. The molecule has 4 unspecified atom stereocenters. The van der Waals surface area contributed by atoms with Crippen molar-refractivity contribution in [2.24, 2.45) is 17.4 Å². The normalized spacial score (nSPS) is 18.9. The van der Waals surface area contributed by atoms with Crippen molar-refractivity contribution < 1.29 is 29.1 Å². The number of carbonyl (C=O) groups is 5. The van der Waals surface area contributed by atoms with Gasteiger partial charge in [-0.15, -0.1) is 0 Å². The number of carboxylic acid groups (broad SMARTS) is 1. The topological polar surface area (TPSA) is 185 Å². The van der Waals surface area contributed by atoms with Gasteiger partial charge in [0.05, 0.1) is 6.04 Å². The first-order valence-corrected chi connectivity index (χ1v) is 10.9. The number of carbonyl (C=O) groups excluding carboxylic acids is 4. The van der Waals surface area contributed by atoms with E-state index < -0.39 is 53.8 Å². The van der Waals surface area contributed by atoms with Gasteiger partial charge in [-0.05, 0) is 31.6 Å². The maximum absolute atomic E-state index is 13.0. The Morgan fingerprint density at radius 1 is 1.16 bits per heavy atom. The third-order valence-electron chi connectivity index (χ3n) is 5.00. The molecule has 1 fully saturated rings. The molecule has 1 heterocycles. The van der Waals surface area contributed by atoms with Gasteiger partial charge in [0.15, 0.2) is 0 Å². The number of nitrogens with zero attached hydrogens (tertiary/aromatic N) is 1. The molecule has 1 rings (SSSR count). The molecule has 0 aromatic carbocycles. The van der Waals surface area contributed by atoms with E-state index in [4.69, 9.17) is 11.5 Å². The Kier molecular flexibility index (Phi) is 10.8. The lowest BCUT2D eigenvalue weighted by Crippen LogP contribution is -2.57. The fourth-order valence-corrected chi connectivity index (χ4v) is 3.60. The highest BCUT2D eigenvalue weighted by atomic mass is 32.1. The van der Waals surface area contributed by atoms with E-state index in [1.165, 1.54) is 4.90 Å². The minimum atomic E-state index is -1.14. The van der Waals surface area contributed by atoms with Crippen LogP contribution in [0.25, 0.3) is 0 Å². The summed E-state index contributed by atoms with van der Waals surface area (Å²) >= 11 is 4.12. The lowest BCUT2D eigenvalue weighted by Gasteiger charge is -2.29. The molecule has 0 bridgehead atoms. The second kappa shape index (κ2) is 12.5. The summed E-state index contributed by atoms with van der Waals surface area (Å²) in [6.45, 7) is 4.00. The van der Waals surface area contributed by atoms with Crippen molar-refractivity contribution in [2.45, 2.75) is 70.1 Å². The van der Waals surface area contributed by atoms with E-state index in [9.17, 15) is 29.1 Å². The molecular weight excluding hydrogens is 426 g/mol. The Hall–Kier alpha value is -2.34. The number of hydrogen-bond donors (Lipinski definition) is 6. The van der Waals surface area contributed by atoms with Gasteiger partial charge < -0.3 is 32.1 Å². The van der Waals surface area contributed by atoms with Crippen molar-refractivity contribution >= 4 is 42.2 Å². The minimum absolute atomic E-state index is 0.0247. The van der Waals surface area contributed by atoms with Gasteiger partial charge >= 0.3 is 5.97 Å². The smallest absolute Gasteiger partial charge is 0.326 e. The van der Waals surface area contributed by atoms with Gasteiger partial charge in [-0.25, -0.2) is 4.79 Å². The minimum Gasteiger partial charge on any atom is -0.480 e. The summed E-state index contributed by atoms with van der Waals surface area (Å²) in [6, 6.07) is -3.92. The summed E-state index contributed by atoms with van der Waals surface area (Å²) in [6.07, 6.45) is 1.19. The molecule has 31 heavy (non-hydrogen) atoms. The number of primary amides is 1. The molecule has 0 saturated carbocycles. The van der Waals surface area contributed by atoms with Crippen molar-refractivity contribution in [1.82, 2.24) is 15.5 Å². The molecule has 1 aliphatic heterocycles. The summed E-state index contributed by atoms with van der Waals surface area (Å²) in [5.74, 6) is -3.36. The standard InChI is InChI=1S/C19H33N5O6S/c1-10(2)8-12(19(29)30)22-17(27)14-4-3-7-24(14)18(28)13(9-31)23-16(26)11(20)5-6-15(21)25/h10-14,31H,3-9,20H2,1-2H3,(H2,21,25)(H,22,27)(H,23,26)(H,29,30). The Morgan fingerprint density at radius 2 is 1.81 bits per heavy atom. The molecule has 0 aromatic heterocycles. The van der Waals surface area contributed by atoms with Crippen LogP contribution in [0.4, 0.5) is 0 Å². The molecule has 0 radical (unpaired) electrons. The zero-order valence-corrected chi connectivity index (χ0v) is 18.8. The van der Waals surface area contributed by atoms with Gasteiger partial charge in [0.2, 0.25) is 23.6 Å². The zero-order valence-electron chi connectivity index (χ0n) is 17.9. The number of hydrogen-bond acceptors (Lipinski definition) is 7. The number of thiol groups is 1. The number of rotatable bonds is 12. The van der Waals surface area contributed by atoms with Gasteiger partial charge in [-0.3, -0.25) is 19.2 Å². The molecule has 11 nitrogen and oxygen atoms in total. The summed E-state index contributed by atoms with van der Waals surface area (Å²) in [5.41, 5.74) is 10.8. The maximum Gasteiger partial charge on any atom is 0.326 e. The highest BCUT2D eigenvalue weighted by molar-refractivity contribution is 7.80. The van der Waals surface area contributed by atoms with Crippen LogP contribution in [0.1, 0.15) is 46.0 Å². The van der Waals surface area contributed by atoms with Crippen molar-refractivity contribution in [3.63, 3.8) is 0 Å². The van der Waals surface area contributed by atoms with Gasteiger partial charge in [0.25, 0.3) is 0 Å². The Bertz CT molecular complexity index is 689. The first-order valence-electron chi connectivity index (χ1n) is 10.3. The van der Waals surface area contributed by atoms with Gasteiger partial charge in [-0.1, -0.05) is 13.8 Å². The molecule has 1 aliphatic rings. The van der Waals surface area contributed by atoms with Gasteiger partial charge in [0, 0.05) is 18.7 Å². The molecule has 176 valence electrons. The first-order chi connectivity index (χ1) is 14.5. The largest absolute Gasteiger partial charge is 0.480 e. The van der Waals surface area contributed by atoms with Crippen LogP contribution in [0, 0.1) is 5.92 Å². The van der Waals surface area contributed by atoms with E-state index in [1.807, 2.05) is 13.8 Å². The SMILES string of the molecule is CC(C)CC(NC(=O)C1CCCN1C(=O)C(CS)NC(=O)C(N)CCC(N)=O)C(=O)O. The average molecular weight is 460 g/mol. The van der Waals surface area contributed by atoms with Crippen molar-refractivity contribution in [3.05, 3.63) is 0 Å². The predicted octanol–water partition coefficient (Wildman–Crippen LogP) is -1.40. The van der Waals surface area contributed by atoms with Gasteiger partial charge in [-0.2, -0.15) is 12.6 Å². The molecule has 12 heteroatoms. The van der Waals surface area contributed by atoms with Crippen molar-refractivity contribution in [2.75, 3.05) is 12.3 Å². The summed E-state index contributed by atoms with van der Waals surface area (Å²) < 4.78 is 0.